The molecule has 0 saturated carbocycles. The van der Waals surface area contributed by atoms with E-state index in [0.29, 0.717) is 0 Å². The molecule has 0 aromatic heterocycles. The molecule has 1 fully saturated rings. The number of nitrogens with one attached hydrogen (secondary N) is 2. The quantitative estimate of drug-likeness (QED) is 0.839. The maximum atomic E-state index is 11.6. The van der Waals surface area contributed by atoms with E-state index in [2.05, 4.69) is 55.9 Å². The molecule has 98 valence electrons. The van der Waals surface area contributed by atoms with Gasteiger partial charge in [0.05, 0.1) is 5.92 Å². The van der Waals surface area contributed by atoms with Gasteiger partial charge in [-0.1, -0.05) is 45.0 Å². The van der Waals surface area contributed by atoms with Crippen LogP contribution in [-0.4, -0.2) is 11.9 Å². The lowest BCUT2D eigenvalue weighted by Crippen LogP contribution is -2.29. The molecule has 3 nitrogen and oxygen atoms in total. The molecule has 3 heteroatoms. The first-order chi connectivity index (χ1) is 8.38. The zero-order valence-electron chi connectivity index (χ0n) is 11.6. The highest BCUT2D eigenvalue weighted by molar-refractivity contribution is 5.81. The van der Waals surface area contributed by atoms with Crippen molar-refractivity contribution in [3.05, 3.63) is 35.4 Å². The summed E-state index contributed by atoms with van der Waals surface area (Å²) in [6.45, 7) is 8.65. The molecule has 1 aromatic carbocycles. The predicted octanol–water partition coefficient (Wildman–Crippen LogP) is 2.17. The standard InChI is InChI=1S/C15H22N2O/c1-10-13(14(18)17-16-10)9-11-5-7-12(8-6-11)15(2,3)4/h5-8,10,13,16H,9H2,1-4H3,(H,17,18). The van der Waals surface area contributed by atoms with Crippen molar-refractivity contribution in [3.63, 3.8) is 0 Å². The minimum Gasteiger partial charge on any atom is -0.291 e. The van der Waals surface area contributed by atoms with Crippen molar-refractivity contribution in [2.75, 3.05) is 0 Å². The third kappa shape index (κ3) is 2.72. The van der Waals surface area contributed by atoms with Crippen molar-refractivity contribution >= 4 is 5.91 Å². The van der Waals surface area contributed by atoms with Gasteiger partial charge in [-0.25, -0.2) is 5.43 Å². The Morgan fingerprint density at radius 2 is 1.78 bits per heavy atom. The fraction of sp³-hybridized carbons (Fsp3) is 0.533. The van der Waals surface area contributed by atoms with Crippen molar-refractivity contribution < 1.29 is 4.79 Å². The molecule has 1 aliphatic rings. The second-order valence-electron chi connectivity index (χ2n) is 6.18. The number of carbonyl (C=O) groups is 1. The summed E-state index contributed by atoms with van der Waals surface area (Å²) < 4.78 is 0. The molecular formula is C15H22N2O. The van der Waals surface area contributed by atoms with Crippen LogP contribution in [0.4, 0.5) is 0 Å². The van der Waals surface area contributed by atoms with Crippen molar-refractivity contribution in [3.8, 4) is 0 Å². The molecular weight excluding hydrogens is 224 g/mol. The second kappa shape index (κ2) is 4.73. The monoisotopic (exact) mass is 246 g/mol. The van der Waals surface area contributed by atoms with Crippen LogP contribution in [0.25, 0.3) is 0 Å². The van der Waals surface area contributed by atoms with Crippen LogP contribution in [0.1, 0.15) is 38.8 Å². The van der Waals surface area contributed by atoms with E-state index in [1.807, 2.05) is 6.92 Å². The topological polar surface area (TPSA) is 41.1 Å². The summed E-state index contributed by atoms with van der Waals surface area (Å²) in [4.78, 5) is 11.6. The number of rotatable bonds is 2. The van der Waals surface area contributed by atoms with Gasteiger partial charge in [-0.2, -0.15) is 0 Å². The normalized spacial score (nSPS) is 24.1. The third-order valence-corrected chi connectivity index (χ3v) is 3.64. The molecule has 1 aliphatic heterocycles. The first-order valence-corrected chi connectivity index (χ1v) is 6.53. The van der Waals surface area contributed by atoms with Crippen molar-refractivity contribution in [2.45, 2.75) is 45.6 Å². The molecule has 2 unspecified atom stereocenters. The van der Waals surface area contributed by atoms with Crippen LogP contribution < -0.4 is 10.9 Å². The first kappa shape index (κ1) is 13.1. The Balaban J connectivity index is 2.09. The SMILES string of the molecule is CC1NNC(=O)C1Cc1ccc(C(C)(C)C)cc1. The summed E-state index contributed by atoms with van der Waals surface area (Å²) in [7, 11) is 0. The van der Waals surface area contributed by atoms with Gasteiger partial charge in [-0.05, 0) is 29.9 Å². The summed E-state index contributed by atoms with van der Waals surface area (Å²) >= 11 is 0. The van der Waals surface area contributed by atoms with Crippen LogP contribution in [-0.2, 0) is 16.6 Å². The van der Waals surface area contributed by atoms with E-state index < -0.39 is 0 Å². The minimum atomic E-state index is 0.0329. The van der Waals surface area contributed by atoms with E-state index in [9.17, 15) is 4.79 Å². The summed E-state index contributed by atoms with van der Waals surface area (Å²) in [5.74, 6) is 0.132. The van der Waals surface area contributed by atoms with Crippen molar-refractivity contribution in [1.29, 1.82) is 0 Å². The van der Waals surface area contributed by atoms with E-state index in [4.69, 9.17) is 0 Å². The van der Waals surface area contributed by atoms with Gasteiger partial charge in [0.2, 0.25) is 5.91 Å². The van der Waals surface area contributed by atoms with Crippen LogP contribution in [0.15, 0.2) is 24.3 Å². The highest BCUT2D eigenvalue weighted by atomic mass is 16.2. The lowest BCUT2D eigenvalue weighted by Gasteiger charge is -2.19. The van der Waals surface area contributed by atoms with Gasteiger partial charge in [0.25, 0.3) is 0 Å². The Kier molecular flexibility index (Phi) is 3.44. The van der Waals surface area contributed by atoms with E-state index in [0.717, 1.165) is 6.42 Å². The molecule has 0 radical (unpaired) electrons. The lowest BCUT2D eigenvalue weighted by atomic mass is 9.85. The fourth-order valence-corrected chi connectivity index (χ4v) is 2.27. The third-order valence-electron chi connectivity index (χ3n) is 3.64. The summed E-state index contributed by atoms with van der Waals surface area (Å²) in [5.41, 5.74) is 8.39. The zero-order chi connectivity index (χ0) is 13.3. The number of hydrogen-bond donors (Lipinski definition) is 2. The van der Waals surface area contributed by atoms with Gasteiger partial charge in [-0.3, -0.25) is 10.2 Å². The average Bonchev–Trinajstić information content (AvgIpc) is 2.60. The highest BCUT2D eigenvalue weighted by Gasteiger charge is 2.31. The number of hydrazine groups is 1. The van der Waals surface area contributed by atoms with Gasteiger partial charge in [0.15, 0.2) is 0 Å². The maximum absolute atomic E-state index is 11.6. The zero-order valence-corrected chi connectivity index (χ0v) is 11.6. The van der Waals surface area contributed by atoms with Crippen molar-refractivity contribution in [2.24, 2.45) is 5.92 Å². The van der Waals surface area contributed by atoms with Gasteiger partial charge in [0, 0.05) is 6.04 Å². The van der Waals surface area contributed by atoms with Gasteiger partial charge >= 0.3 is 0 Å². The van der Waals surface area contributed by atoms with E-state index in [1.165, 1.54) is 11.1 Å². The molecule has 0 aliphatic carbocycles. The molecule has 0 spiro atoms. The molecule has 1 saturated heterocycles. The molecule has 18 heavy (non-hydrogen) atoms. The number of amides is 1. The maximum Gasteiger partial charge on any atom is 0.239 e. The number of hydrogen-bond acceptors (Lipinski definition) is 2. The Morgan fingerprint density at radius 1 is 1.17 bits per heavy atom. The van der Waals surface area contributed by atoms with Crippen LogP contribution in [0, 0.1) is 5.92 Å². The number of benzene rings is 1. The van der Waals surface area contributed by atoms with Crippen LogP contribution in [0.5, 0.6) is 0 Å². The smallest absolute Gasteiger partial charge is 0.239 e. The van der Waals surface area contributed by atoms with Gasteiger partial charge in [-0.15, -0.1) is 0 Å². The Morgan fingerprint density at radius 3 is 2.22 bits per heavy atom. The van der Waals surface area contributed by atoms with Gasteiger partial charge < -0.3 is 0 Å². The largest absolute Gasteiger partial charge is 0.291 e. The average molecular weight is 246 g/mol. The molecule has 1 amide bonds. The predicted molar refractivity (Wildman–Crippen MR) is 73.1 cm³/mol. The van der Waals surface area contributed by atoms with Crippen molar-refractivity contribution in [1.82, 2.24) is 10.9 Å². The van der Waals surface area contributed by atoms with E-state index in [-0.39, 0.29) is 23.3 Å². The minimum absolute atomic E-state index is 0.0329. The first-order valence-electron chi connectivity index (χ1n) is 6.53. The Bertz CT molecular complexity index is 431. The summed E-state index contributed by atoms with van der Waals surface area (Å²) in [5, 5.41) is 0. The summed E-state index contributed by atoms with van der Waals surface area (Å²) in [6.07, 6.45) is 0.796. The van der Waals surface area contributed by atoms with Gasteiger partial charge in [0.1, 0.15) is 0 Å². The Labute approximate surface area is 109 Å². The molecule has 2 rings (SSSR count). The molecule has 2 atom stereocenters. The van der Waals surface area contributed by atoms with Crippen LogP contribution in [0.3, 0.4) is 0 Å². The van der Waals surface area contributed by atoms with Crippen LogP contribution in [0.2, 0.25) is 0 Å². The summed E-state index contributed by atoms with van der Waals surface area (Å²) in [6, 6.07) is 8.80. The highest BCUT2D eigenvalue weighted by Crippen LogP contribution is 2.23. The second-order valence-corrected chi connectivity index (χ2v) is 6.18. The van der Waals surface area contributed by atoms with E-state index in [1.54, 1.807) is 0 Å². The Hall–Kier alpha value is -1.35. The van der Waals surface area contributed by atoms with E-state index >= 15 is 0 Å². The molecule has 2 N–H and O–H groups in total. The molecule has 1 aromatic rings. The van der Waals surface area contributed by atoms with Crippen LogP contribution >= 0.6 is 0 Å². The molecule has 1 heterocycles. The fourth-order valence-electron chi connectivity index (χ4n) is 2.27. The lowest BCUT2D eigenvalue weighted by molar-refractivity contribution is -0.122. The molecule has 0 bridgehead atoms. The number of carbonyl (C=O) groups excluding carboxylic acids is 1.